The van der Waals surface area contributed by atoms with E-state index in [9.17, 15) is 14.7 Å². The number of carbonyl (C=O) groups excluding carboxylic acids is 1. The Morgan fingerprint density at radius 1 is 1.26 bits per heavy atom. The van der Waals surface area contributed by atoms with Crippen LogP contribution in [0.5, 0.6) is 0 Å². The first-order chi connectivity index (χ1) is 11.0. The highest BCUT2D eigenvalue weighted by Crippen LogP contribution is 2.41. The van der Waals surface area contributed by atoms with Crippen molar-refractivity contribution in [3.63, 3.8) is 0 Å². The van der Waals surface area contributed by atoms with E-state index in [2.05, 4.69) is 29.6 Å². The number of nitrogens with zero attached hydrogens (tertiary/aromatic N) is 1. The Balaban J connectivity index is 1.63. The van der Waals surface area contributed by atoms with Gasteiger partial charge in [0.1, 0.15) is 6.04 Å². The summed E-state index contributed by atoms with van der Waals surface area (Å²) in [5.74, 6) is -0.390. The smallest absolute Gasteiger partial charge is 0.320 e. The molecule has 0 aromatic heterocycles. The summed E-state index contributed by atoms with van der Waals surface area (Å²) >= 11 is 0. The lowest BCUT2D eigenvalue weighted by Gasteiger charge is -2.23. The topological polar surface area (TPSA) is 69.6 Å². The quantitative estimate of drug-likeness (QED) is 0.843. The fourth-order valence-corrected chi connectivity index (χ4v) is 3.38. The van der Waals surface area contributed by atoms with E-state index in [4.69, 9.17) is 0 Å². The molecule has 0 unspecified atom stereocenters. The Kier molecular flexibility index (Phi) is 4.66. The predicted octanol–water partition coefficient (Wildman–Crippen LogP) is 2.11. The number of carbonyl (C=O) groups is 2. The highest BCUT2D eigenvalue weighted by atomic mass is 16.4. The second-order valence-electron chi connectivity index (χ2n) is 6.76. The lowest BCUT2D eigenvalue weighted by atomic mass is 10.0. The monoisotopic (exact) mass is 316 g/mol. The lowest BCUT2D eigenvalue weighted by molar-refractivity contribution is -0.142. The van der Waals surface area contributed by atoms with E-state index in [1.54, 1.807) is 4.90 Å². The first-order valence-corrected chi connectivity index (χ1v) is 8.37. The number of nitrogens with one attached hydrogen (secondary N) is 1. The number of hydrogen-bond acceptors (Lipinski definition) is 3. The Bertz CT molecular complexity index is 580. The minimum absolute atomic E-state index is 0.0500. The molecule has 0 radical (unpaired) electrons. The number of carboxylic acid groups (broad SMARTS) is 1. The van der Waals surface area contributed by atoms with E-state index in [-0.39, 0.29) is 18.5 Å². The van der Waals surface area contributed by atoms with E-state index >= 15 is 0 Å². The van der Waals surface area contributed by atoms with Gasteiger partial charge in [-0.2, -0.15) is 0 Å². The van der Waals surface area contributed by atoms with Crippen LogP contribution < -0.4 is 5.32 Å². The van der Waals surface area contributed by atoms with Gasteiger partial charge in [0.25, 0.3) is 0 Å². The number of hydrogen-bond donors (Lipinski definition) is 2. The van der Waals surface area contributed by atoms with Gasteiger partial charge in [-0.3, -0.25) is 14.5 Å². The first kappa shape index (κ1) is 16.0. The molecule has 1 aliphatic carbocycles. The Morgan fingerprint density at radius 2 is 1.96 bits per heavy atom. The van der Waals surface area contributed by atoms with E-state index in [1.807, 2.05) is 6.92 Å². The molecule has 5 heteroatoms. The van der Waals surface area contributed by atoms with E-state index in [0.717, 1.165) is 24.8 Å². The zero-order chi connectivity index (χ0) is 16.4. The maximum Gasteiger partial charge on any atom is 0.320 e. The lowest BCUT2D eigenvalue weighted by Crippen LogP contribution is -2.44. The summed E-state index contributed by atoms with van der Waals surface area (Å²) in [6, 6.07) is 7.83. The van der Waals surface area contributed by atoms with Crippen LogP contribution in [0.25, 0.3) is 0 Å². The molecule has 1 aliphatic heterocycles. The second kappa shape index (κ2) is 6.71. The summed E-state index contributed by atoms with van der Waals surface area (Å²) in [4.78, 5) is 25.4. The normalized spacial score (nSPS) is 22.7. The average Bonchev–Trinajstić information content (AvgIpc) is 3.25. The third-order valence-electron chi connectivity index (χ3n) is 4.84. The van der Waals surface area contributed by atoms with Crippen LogP contribution in [0.15, 0.2) is 24.3 Å². The molecule has 2 aliphatic rings. The van der Waals surface area contributed by atoms with Gasteiger partial charge in [0.2, 0.25) is 5.91 Å². The van der Waals surface area contributed by atoms with Gasteiger partial charge < -0.3 is 10.4 Å². The number of amides is 1. The van der Waals surface area contributed by atoms with Crippen molar-refractivity contribution < 1.29 is 14.7 Å². The Morgan fingerprint density at radius 3 is 2.57 bits per heavy atom. The summed E-state index contributed by atoms with van der Waals surface area (Å²) in [5, 5.41) is 12.3. The summed E-state index contributed by atoms with van der Waals surface area (Å²) in [6.07, 6.45) is 3.75. The van der Waals surface area contributed by atoms with Gasteiger partial charge in [0, 0.05) is 0 Å². The predicted molar refractivity (Wildman–Crippen MR) is 87.0 cm³/mol. The Hall–Kier alpha value is -1.88. The molecule has 23 heavy (non-hydrogen) atoms. The van der Waals surface area contributed by atoms with Crippen molar-refractivity contribution in [2.75, 3.05) is 13.1 Å². The Labute approximate surface area is 136 Å². The fourth-order valence-electron chi connectivity index (χ4n) is 3.38. The van der Waals surface area contributed by atoms with Gasteiger partial charge in [-0.05, 0) is 50.6 Å². The maximum absolute atomic E-state index is 12.4. The van der Waals surface area contributed by atoms with Crippen molar-refractivity contribution in [1.82, 2.24) is 10.2 Å². The van der Waals surface area contributed by atoms with Crippen LogP contribution in [0.2, 0.25) is 0 Å². The largest absolute Gasteiger partial charge is 0.480 e. The minimum atomic E-state index is -0.826. The molecule has 1 aromatic rings. The minimum Gasteiger partial charge on any atom is -0.480 e. The van der Waals surface area contributed by atoms with Crippen molar-refractivity contribution >= 4 is 11.9 Å². The molecule has 2 atom stereocenters. The van der Waals surface area contributed by atoms with Gasteiger partial charge in [-0.25, -0.2) is 0 Å². The van der Waals surface area contributed by atoms with Crippen molar-refractivity contribution in [1.29, 1.82) is 0 Å². The van der Waals surface area contributed by atoms with Crippen molar-refractivity contribution in [2.45, 2.75) is 44.7 Å². The summed E-state index contributed by atoms with van der Waals surface area (Å²) < 4.78 is 0. The number of benzene rings is 1. The zero-order valence-electron chi connectivity index (χ0n) is 13.5. The highest BCUT2D eigenvalue weighted by Gasteiger charge is 2.35. The molecule has 1 saturated heterocycles. The molecule has 0 spiro atoms. The van der Waals surface area contributed by atoms with Crippen molar-refractivity contribution in [3.05, 3.63) is 35.4 Å². The molecule has 1 amide bonds. The first-order valence-electron chi connectivity index (χ1n) is 8.37. The van der Waals surface area contributed by atoms with Crippen molar-refractivity contribution in [3.8, 4) is 0 Å². The molecule has 1 aromatic carbocycles. The summed E-state index contributed by atoms with van der Waals surface area (Å²) in [7, 11) is 0. The fraction of sp³-hybridized carbons (Fsp3) is 0.556. The molecular weight excluding hydrogens is 292 g/mol. The molecule has 124 valence electrons. The number of aryl methyl sites for hydroxylation is 1. The zero-order valence-corrected chi connectivity index (χ0v) is 13.5. The molecule has 1 saturated carbocycles. The molecule has 2 N–H and O–H groups in total. The van der Waals surface area contributed by atoms with Gasteiger partial charge >= 0.3 is 5.97 Å². The van der Waals surface area contributed by atoms with Crippen LogP contribution in [0.1, 0.15) is 42.9 Å². The van der Waals surface area contributed by atoms with Gasteiger partial charge in [-0.15, -0.1) is 0 Å². The molecule has 0 bridgehead atoms. The summed E-state index contributed by atoms with van der Waals surface area (Å²) in [5.41, 5.74) is 2.35. The second-order valence-corrected chi connectivity index (χ2v) is 6.76. The number of aliphatic carboxylic acids is 1. The van der Waals surface area contributed by atoms with E-state index in [1.165, 1.54) is 5.56 Å². The molecule has 5 nitrogen and oxygen atoms in total. The standard InChI is InChI=1S/C18H24N2O3/c1-12-4-6-13(7-5-12)17(14-8-9-14)19-16(21)11-20-10-2-3-15(20)18(22)23/h4-7,14-15,17H,2-3,8-11H2,1H3,(H,19,21)(H,22,23)/t15-,17-/m0/s1. The molecule has 2 fully saturated rings. The molecule has 1 heterocycles. The number of carboxylic acids is 1. The maximum atomic E-state index is 12.4. The number of rotatable bonds is 6. The molecule has 3 rings (SSSR count). The van der Waals surface area contributed by atoms with Crippen LogP contribution in [-0.2, 0) is 9.59 Å². The third kappa shape index (κ3) is 3.91. The van der Waals surface area contributed by atoms with Gasteiger partial charge in [0.15, 0.2) is 0 Å². The van der Waals surface area contributed by atoms with Crippen LogP contribution in [0, 0.1) is 12.8 Å². The third-order valence-corrected chi connectivity index (χ3v) is 4.84. The van der Waals surface area contributed by atoms with Crippen LogP contribution in [0.4, 0.5) is 0 Å². The van der Waals surface area contributed by atoms with E-state index < -0.39 is 12.0 Å². The van der Waals surface area contributed by atoms with Crippen LogP contribution in [0.3, 0.4) is 0 Å². The number of likely N-dealkylation sites (tertiary alicyclic amines) is 1. The van der Waals surface area contributed by atoms with Crippen LogP contribution in [-0.4, -0.2) is 41.0 Å². The van der Waals surface area contributed by atoms with Gasteiger partial charge in [-0.1, -0.05) is 29.8 Å². The van der Waals surface area contributed by atoms with E-state index in [0.29, 0.717) is 18.9 Å². The highest BCUT2D eigenvalue weighted by molar-refractivity contribution is 5.80. The summed E-state index contributed by atoms with van der Waals surface area (Å²) in [6.45, 7) is 2.91. The molecular formula is C18H24N2O3. The average molecular weight is 316 g/mol. The van der Waals surface area contributed by atoms with Crippen LogP contribution >= 0.6 is 0 Å². The van der Waals surface area contributed by atoms with Gasteiger partial charge in [0.05, 0.1) is 12.6 Å². The SMILES string of the molecule is Cc1ccc([C@H](NC(=O)CN2CCC[C@H]2C(=O)O)C2CC2)cc1. The van der Waals surface area contributed by atoms with Crippen molar-refractivity contribution in [2.24, 2.45) is 5.92 Å².